The van der Waals surface area contributed by atoms with Gasteiger partial charge in [-0.1, -0.05) is 30.3 Å². The molecule has 1 aromatic carbocycles. The molecular formula is C10H9FO. The Morgan fingerprint density at radius 2 is 2.08 bits per heavy atom. The standard InChI is InChI=1S/C10H9FO/c11-10(7-12)6-9(10)8-4-2-1-3-5-8/h1-5,7,9H,6H2. The SMILES string of the molecule is O=CC1(F)CC1c1ccccc1. The average molecular weight is 164 g/mol. The van der Waals surface area contributed by atoms with Crippen LogP contribution in [0.5, 0.6) is 0 Å². The van der Waals surface area contributed by atoms with E-state index in [1.807, 2.05) is 30.3 Å². The van der Waals surface area contributed by atoms with Crippen molar-refractivity contribution in [2.75, 3.05) is 0 Å². The van der Waals surface area contributed by atoms with Crippen LogP contribution < -0.4 is 0 Å². The second kappa shape index (κ2) is 2.41. The topological polar surface area (TPSA) is 17.1 Å². The molecule has 12 heavy (non-hydrogen) atoms. The number of carbonyl (C=O) groups excluding carboxylic acids is 1. The fourth-order valence-electron chi connectivity index (χ4n) is 1.46. The van der Waals surface area contributed by atoms with Crippen LogP contribution in [-0.2, 0) is 4.79 Å². The van der Waals surface area contributed by atoms with E-state index >= 15 is 0 Å². The Bertz CT molecular complexity index is 296. The molecule has 2 rings (SSSR count). The summed E-state index contributed by atoms with van der Waals surface area (Å²) in [5, 5.41) is 0. The molecule has 1 aliphatic carbocycles. The van der Waals surface area contributed by atoms with Crippen LogP contribution >= 0.6 is 0 Å². The summed E-state index contributed by atoms with van der Waals surface area (Å²) in [7, 11) is 0. The van der Waals surface area contributed by atoms with Gasteiger partial charge in [-0.05, 0) is 12.0 Å². The van der Waals surface area contributed by atoms with E-state index in [0.717, 1.165) is 5.56 Å². The number of benzene rings is 1. The maximum atomic E-state index is 13.2. The Morgan fingerprint density at radius 1 is 1.42 bits per heavy atom. The first kappa shape index (κ1) is 7.47. The van der Waals surface area contributed by atoms with E-state index in [1.54, 1.807) is 0 Å². The third kappa shape index (κ3) is 1.04. The van der Waals surface area contributed by atoms with Crippen LogP contribution in [0.15, 0.2) is 30.3 Å². The van der Waals surface area contributed by atoms with Gasteiger partial charge in [0.2, 0.25) is 0 Å². The van der Waals surface area contributed by atoms with Crippen molar-refractivity contribution in [2.45, 2.75) is 18.0 Å². The molecule has 2 atom stereocenters. The molecule has 0 heterocycles. The predicted octanol–water partition coefficient (Wildman–Crippen LogP) is 2.08. The third-order valence-corrected chi connectivity index (χ3v) is 2.33. The molecule has 1 fully saturated rings. The van der Waals surface area contributed by atoms with E-state index in [1.165, 1.54) is 0 Å². The van der Waals surface area contributed by atoms with Crippen LogP contribution in [0.2, 0.25) is 0 Å². The van der Waals surface area contributed by atoms with Gasteiger partial charge in [0.25, 0.3) is 0 Å². The maximum absolute atomic E-state index is 13.2. The van der Waals surface area contributed by atoms with Gasteiger partial charge in [0, 0.05) is 5.92 Å². The lowest BCUT2D eigenvalue weighted by Gasteiger charge is -1.98. The summed E-state index contributed by atoms with van der Waals surface area (Å²) in [4.78, 5) is 10.3. The minimum atomic E-state index is -1.57. The summed E-state index contributed by atoms with van der Waals surface area (Å²) in [5.74, 6) is -0.198. The van der Waals surface area contributed by atoms with Crippen molar-refractivity contribution in [1.29, 1.82) is 0 Å². The number of carbonyl (C=O) groups is 1. The van der Waals surface area contributed by atoms with Gasteiger partial charge in [-0.25, -0.2) is 4.39 Å². The number of halogens is 1. The fourth-order valence-corrected chi connectivity index (χ4v) is 1.46. The van der Waals surface area contributed by atoms with Crippen LogP contribution in [0.4, 0.5) is 4.39 Å². The van der Waals surface area contributed by atoms with Gasteiger partial charge < -0.3 is 0 Å². The van der Waals surface area contributed by atoms with E-state index < -0.39 is 5.67 Å². The molecule has 1 aliphatic rings. The second-order valence-electron chi connectivity index (χ2n) is 3.21. The molecule has 1 aromatic rings. The monoisotopic (exact) mass is 164 g/mol. The quantitative estimate of drug-likeness (QED) is 0.611. The molecule has 0 N–H and O–H groups in total. The first-order chi connectivity index (χ1) is 5.76. The molecule has 2 unspecified atom stereocenters. The highest BCUT2D eigenvalue weighted by Gasteiger charge is 2.56. The van der Waals surface area contributed by atoms with Crippen molar-refractivity contribution in [3.63, 3.8) is 0 Å². The first-order valence-corrected chi connectivity index (χ1v) is 3.96. The van der Waals surface area contributed by atoms with Gasteiger partial charge in [0.15, 0.2) is 12.0 Å². The smallest absolute Gasteiger partial charge is 0.173 e. The molecule has 2 heteroatoms. The maximum Gasteiger partial charge on any atom is 0.173 e. The summed E-state index contributed by atoms with van der Waals surface area (Å²) in [6, 6.07) is 9.31. The zero-order chi connectivity index (χ0) is 8.60. The second-order valence-corrected chi connectivity index (χ2v) is 3.21. The van der Waals surface area contributed by atoms with Crippen molar-refractivity contribution in [1.82, 2.24) is 0 Å². The van der Waals surface area contributed by atoms with Crippen molar-refractivity contribution in [3.8, 4) is 0 Å². The Labute approximate surface area is 70.2 Å². The molecule has 0 saturated heterocycles. The molecule has 0 amide bonds. The van der Waals surface area contributed by atoms with E-state index in [9.17, 15) is 9.18 Å². The first-order valence-electron chi connectivity index (χ1n) is 3.96. The number of alkyl halides is 1. The molecule has 1 saturated carbocycles. The van der Waals surface area contributed by atoms with Gasteiger partial charge in [0.05, 0.1) is 0 Å². The molecule has 0 radical (unpaired) electrons. The lowest BCUT2D eigenvalue weighted by atomic mass is 10.1. The van der Waals surface area contributed by atoms with Crippen LogP contribution in [0.1, 0.15) is 17.9 Å². The zero-order valence-corrected chi connectivity index (χ0v) is 6.53. The number of aldehydes is 1. The average Bonchev–Trinajstić information content (AvgIpc) is 2.81. The minimum absolute atomic E-state index is 0.198. The fraction of sp³-hybridized carbons (Fsp3) is 0.300. The molecule has 0 aromatic heterocycles. The van der Waals surface area contributed by atoms with Gasteiger partial charge in [0.1, 0.15) is 0 Å². The largest absolute Gasteiger partial charge is 0.300 e. The summed E-state index contributed by atoms with van der Waals surface area (Å²) >= 11 is 0. The highest BCUT2D eigenvalue weighted by Crippen LogP contribution is 2.52. The van der Waals surface area contributed by atoms with Crippen LogP contribution in [-0.4, -0.2) is 12.0 Å². The number of hydrogen-bond acceptors (Lipinski definition) is 1. The summed E-state index contributed by atoms with van der Waals surface area (Å²) in [5.41, 5.74) is -0.645. The Kier molecular flexibility index (Phi) is 1.50. The van der Waals surface area contributed by atoms with Crippen molar-refractivity contribution in [3.05, 3.63) is 35.9 Å². The minimum Gasteiger partial charge on any atom is -0.300 e. The van der Waals surface area contributed by atoms with E-state index in [-0.39, 0.29) is 5.92 Å². The van der Waals surface area contributed by atoms with E-state index in [4.69, 9.17) is 0 Å². The van der Waals surface area contributed by atoms with Crippen LogP contribution in [0.3, 0.4) is 0 Å². The summed E-state index contributed by atoms with van der Waals surface area (Å²) in [6.45, 7) is 0. The van der Waals surface area contributed by atoms with Crippen molar-refractivity contribution in [2.24, 2.45) is 0 Å². The molecule has 62 valence electrons. The highest BCUT2D eigenvalue weighted by molar-refractivity contribution is 5.71. The van der Waals surface area contributed by atoms with Gasteiger partial charge >= 0.3 is 0 Å². The predicted molar refractivity (Wildman–Crippen MR) is 43.7 cm³/mol. The van der Waals surface area contributed by atoms with Crippen LogP contribution in [0.25, 0.3) is 0 Å². The van der Waals surface area contributed by atoms with Gasteiger partial charge in [-0.3, -0.25) is 4.79 Å². The molecule has 0 bridgehead atoms. The van der Waals surface area contributed by atoms with Crippen molar-refractivity contribution >= 4 is 6.29 Å². The molecule has 0 spiro atoms. The number of rotatable bonds is 2. The van der Waals surface area contributed by atoms with E-state index in [0.29, 0.717) is 12.7 Å². The van der Waals surface area contributed by atoms with Crippen LogP contribution in [0, 0.1) is 0 Å². The summed E-state index contributed by atoms with van der Waals surface area (Å²) < 4.78 is 13.2. The number of hydrogen-bond donors (Lipinski definition) is 0. The zero-order valence-electron chi connectivity index (χ0n) is 6.53. The van der Waals surface area contributed by atoms with E-state index in [2.05, 4.69) is 0 Å². The normalized spacial score (nSPS) is 32.9. The Hall–Kier alpha value is -1.18. The summed E-state index contributed by atoms with van der Waals surface area (Å²) in [6.07, 6.45) is 0.769. The molecule has 1 nitrogen and oxygen atoms in total. The lowest BCUT2D eigenvalue weighted by molar-refractivity contribution is -0.113. The Morgan fingerprint density at radius 3 is 2.58 bits per heavy atom. The highest BCUT2D eigenvalue weighted by atomic mass is 19.1. The Balaban J connectivity index is 2.21. The van der Waals surface area contributed by atoms with Gasteiger partial charge in [-0.15, -0.1) is 0 Å². The lowest BCUT2D eigenvalue weighted by Crippen LogP contribution is -2.04. The third-order valence-electron chi connectivity index (χ3n) is 2.33. The van der Waals surface area contributed by atoms with Crippen molar-refractivity contribution < 1.29 is 9.18 Å². The molecular weight excluding hydrogens is 155 g/mol. The molecule has 0 aliphatic heterocycles. The van der Waals surface area contributed by atoms with Gasteiger partial charge in [-0.2, -0.15) is 0 Å².